The number of methoxy groups -OCH3 is 3. The van der Waals surface area contributed by atoms with E-state index in [-0.39, 0.29) is 13.4 Å². The first-order valence-electron chi connectivity index (χ1n) is 13.2. The van der Waals surface area contributed by atoms with Gasteiger partial charge in [-0.2, -0.15) is 0 Å². The van der Waals surface area contributed by atoms with Crippen LogP contribution in [0.3, 0.4) is 0 Å². The number of ether oxygens (including phenoxy) is 8. The topological polar surface area (TPSA) is 172 Å². The van der Waals surface area contributed by atoms with E-state index in [1.807, 2.05) is 0 Å². The van der Waals surface area contributed by atoms with Gasteiger partial charge < -0.3 is 58.3 Å². The summed E-state index contributed by atoms with van der Waals surface area (Å²) in [4.78, 5) is 13.4. The van der Waals surface area contributed by atoms with Crippen LogP contribution >= 0.6 is 0 Å². The highest BCUT2D eigenvalue weighted by atomic mass is 16.7. The van der Waals surface area contributed by atoms with Gasteiger partial charge in [0.2, 0.25) is 12.5 Å². The van der Waals surface area contributed by atoms with Gasteiger partial charge in [-0.25, -0.2) is 0 Å². The van der Waals surface area contributed by atoms with Crippen molar-refractivity contribution in [1.29, 1.82) is 0 Å². The minimum absolute atomic E-state index is 0.0141. The van der Waals surface area contributed by atoms with Gasteiger partial charge in [0.05, 0.1) is 46.6 Å². The van der Waals surface area contributed by atoms with E-state index in [1.54, 1.807) is 24.3 Å². The third-order valence-electron chi connectivity index (χ3n) is 8.29. The molecule has 13 heteroatoms. The Labute approximate surface area is 235 Å². The molecule has 41 heavy (non-hydrogen) atoms. The van der Waals surface area contributed by atoms with E-state index in [1.165, 1.54) is 21.3 Å². The summed E-state index contributed by atoms with van der Waals surface area (Å²) in [5, 5.41) is 41.0. The van der Waals surface area contributed by atoms with E-state index >= 15 is 0 Å². The van der Waals surface area contributed by atoms with E-state index in [9.17, 15) is 25.2 Å². The maximum atomic E-state index is 13.4. The molecule has 13 nitrogen and oxygen atoms in total. The molecule has 2 saturated heterocycles. The SMILES string of the molecule is COc1cc([C@@H]2c3cc4c(cc3[C@@H](O[C@H]3O[C@@H](CO)[C@@H](O)[C@@H](O)[C@H]3O)[C@H]3COC(=O)[C@H]23)OCO4)cc(OC)c1OC. The van der Waals surface area contributed by atoms with Crippen molar-refractivity contribution in [3.8, 4) is 28.7 Å². The van der Waals surface area contributed by atoms with Crippen molar-refractivity contribution < 1.29 is 63.1 Å². The molecule has 4 aliphatic rings. The van der Waals surface area contributed by atoms with Crippen LogP contribution in [-0.4, -0.2) is 98.4 Å². The third-order valence-corrected chi connectivity index (χ3v) is 8.29. The van der Waals surface area contributed by atoms with Crippen LogP contribution < -0.4 is 23.7 Å². The lowest BCUT2D eigenvalue weighted by Gasteiger charge is -2.44. The first-order chi connectivity index (χ1) is 19.8. The van der Waals surface area contributed by atoms with Crippen molar-refractivity contribution in [3.63, 3.8) is 0 Å². The fourth-order valence-corrected chi connectivity index (χ4v) is 6.29. The lowest BCUT2D eigenvalue weighted by Crippen LogP contribution is -2.59. The Kier molecular flexibility index (Phi) is 7.34. The molecule has 2 aromatic carbocycles. The summed E-state index contributed by atoms with van der Waals surface area (Å²) in [7, 11) is 4.51. The number of cyclic esters (lactones) is 1. The summed E-state index contributed by atoms with van der Waals surface area (Å²) in [6.07, 6.45) is -8.26. The zero-order valence-electron chi connectivity index (χ0n) is 22.6. The Morgan fingerprint density at radius 3 is 2.12 bits per heavy atom. The molecule has 1 aliphatic carbocycles. The van der Waals surface area contributed by atoms with Gasteiger partial charge in [0.1, 0.15) is 24.4 Å². The zero-order valence-corrected chi connectivity index (χ0v) is 22.6. The lowest BCUT2D eigenvalue weighted by molar-refractivity contribution is -0.317. The first kappa shape index (κ1) is 27.8. The van der Waals surface area contributed by atoms with Crippen LogP contribution in [0.1, 0.15) is 28.7 Å². The van der Waals surface area contributed by atoms with E-state index < -0.39 is 67.1 Å². The van der Waals surface area contributed by atoms with Gasteiger partial charge in [0.15, 0.2) is 29.3 Å². The van der Waals surface area contributed by atoms with Gasteiger partial charge in [0.25, 0.3) is 0 Å². The highest BCUT2D eigenvalue weighted by Crippen LogP contribution is 2.57. The molecule has 9 atom stereocenters. The Morgan fingerprint density at radius 2 is 1.51 bits per heavy atom. The molecule has 2 fully saturated rings. The van der Waals surface area contributed by atoms with Crippen LogP contribution in [0, 0.1) is 11.8 Å². The summed E-state index contributed by atoms with van der Waals surface area (Å²) in [5.74, 6) is -0.112. The highest BCUT2D eigenvalue weighted by molar-refractivity contribution is 5.79. The molecule has 0 bridgehead atoms. The fourth-order valence-electron chi connectivity index (χ4n) is 6.29. The molecule has 0 aromatic heterocycles. The average molecular weight is 577 g/mol. The van der Waals surface area contributed by atoms with Gasteiger partial charge in [-0.15, -0.1) is 0 Å². The van der Waals surface area contributed by atoms with Crippen molar-refractivity contribution in [2.45, 2.75) is 42.7 Å². The normalized spacial score (nSPS) is 33.5. The Balaban J connectivity index is 1.49. The van der Waals surface area contributed by atoms with Gasteiger partial charge in [-0.1, -0.05) is 0 Å². The predicted octanol–water partition coefficient (Wildman–Crippen LogP) is 0.233. The number of fused-ring (bicyclic) bond motifs is 3. The number of aliphatic hydroxyl groups is 4. The number of aliphatic hydroxyl groups excluding tert-OH is 4. The largest absolute Gasteiger partial charge is 0.493 e. The second-order valence-corrected chi connectivity index (χ2v) is 10.3. The number of hydrogen-bond acceptors (Lipinski definition) is 13. The summed E-state index contributed by atoms with van der Waals surface area (Å²) in [5.41, 5.74) is 2.00. The first-order valence-corrected chi connectivity index (χ1v) is 13.2. The van der Waals surface area contributed by atoms with Gasteiger partial charge in [-0.3, -0.25) is 4.79 Å². The maximum absolute atomic E-state index is 13.4. The fraction of sp³-hybridized carbons (Fsp3) is 0.536. The molecule has 222 valence electrons. The quantitative estimate of drug-likeness (QED) is 0.331. The van der Waals surface area contributed by atoms with Crippen LogP contribution in [0.15, 0.2) is 24.3 Å². The van der Waals surface area contributed by atoms with Gasteiger partial charge in [-0.05, 0) is 41.0 Å². The molecule has 4 N–H and O–H groups in total. The molecule has 0 spiro atoms. The molecule has 3 heterocycles. The van der Waals surface area contributed by atoms with Crippen LogP contribution in [0.2, 0.25) is 0 Å². The van der Waals surface area contributed by atoms with E-state index in [0.29, 0.717) is 45.4 Å². The smallest absolute Gasteiger partial charge is 0.310 e. The monoisotopic (exact) mass is 576 g/mol. The van der Waals surface area contributed by atoms with Crippen LogP contribution in [0.25, 0.3) is 0 Å². The van der Waals surface area contributed by atoms with Gasteiger partial charge >= 0.3 is 5.97 Å². The van der Waals surface area contributed by atoms with Crippen LogP contribution in [0.4, 0.5) is 0 Å². The van der Waals surface area contributed by atoms with Crippen molar-refractivity contribution in [1.82, 2.24) is 0 Å². The molecule has 2 aromatic rings. The molecular formula is C28H32O13. The number of hydrogen-bond donors (Lipinski definition) is 4. The zero-order chi connectivity index (χ0) is 29.0. The van der Waals surface area contributed by atoms with E-state index in [0.717, 1.165) is 0 Å². The van der Waals surface area contributed by atoms with Crippen molar-refractivity contribution in [2.24, 2.45) is 11.8 Å². The molecule has 0 unspecified atom stereocenters. The van der Waals surface area contributed by atoms with Crippen LogP contribution in [-0.2, 0) is 19.0 Å². The number of benzene rings is 2. The summed E-state index contributed by atoms with van der Waals surface area (Å²) < 4.78 is 45.5. The molecule has 0 amide bonds. The number of carbonyl (C=O) groups is 1. The highest BCUT2D eigenvalue weighted by Gasteiger charge is 2.55. The number of carbonyl (C=O) groups excluding carboxylic acids is 1. The molecule has 3 aliphatic heterocycles. The standard InChI is InChI=1S/C28H32O13/c1-34-17-4-11(5-18(35-2)26(17)36-3)20-12-6-15-16(39-10-38-15)7-13(12)25(14-9-37-27(33)21(14)20)41-28-24(32)23(31)22(30)19(8-29)40-28/h4-7,14,19-25,28-32H,8-10H2,1-3H3/t14-,19-,20+,21-,22+,23+,24+,25+,28+/m0/s1. The van der Waals surface area contributed by atoms with Crippen molar-refractivity contribution in [3.05, 3.63) is 41.0 Å². The Morgan fingerprint density at radius 1 is 0.854 bits per heavy atom. The van der Waals surface area contributed by atoms with Crippen LogP contribution in [0.5, 0.6) is 28.7 Å². The molecule has 6 rings (SSSR count). The number of esters is 1. The number of rotatable bonds is 7. The predicted molar refractivity (Wildman–Crippen MR) is 136 cm³/mol. The van der Waals surface area contributed by atoms with E-state index in [4.69, 9.17) is 37.9 Å². The second kappa shape index (κ2) is 10.8. The maximum Gasteiger partial charge on any atom is 0.310 e. The lowest BCUT2D eigenvalue weighted by atomic mass is 9.66. The molecule has 0 radical (unpaired) electrons. The minimum atomic E-state index is -1.63. The second-order valence-electron chi connectivity index (χ2n) is 10.3. The Hall–Kier alpha value is -3.33. The van der Waals surface area contributed by atoms with E-state index in [2.05, 4.69) is 0 Å². The molecule has 0 saturated carbocycles. The summed E-state index contributed by atoms with van der Waals surface area (Å²) in [6.45, 7) is -0.581. The third kappa shape index (κ3) is 4.44. The minimum Gasteiger partial charge on any atom is -0.493 e. The van der Waals surface area contributed by atoms with Gasteiger partial charge in [0, 0.05) is 11.8 Å². The van der Waals surface area contributed by atoms with Crippen molar-refractivity contribution in [2.75, 3.05) is 41.3 Å². The van der Waals surface area contributed by atoms with Crippen molar-refractivity contribution >= 4 is 5.97 Å². The summed E-state index contributed by atoms with van der Waals surface area (Å²) in [6, 6.07) is 7.11. The summed E-state index contributed by atoms with van der Waals surface area (Å²) >= 11 is 0. The Bertz CT molecular complexity index is 1290. The molecular weight excluding hydrogens is 544 g/mol. The average Bonchev–Trinajstić information content (AvgIpc) is 3.61.